The number of carbonyl (C=O) groups is 2. The van der Waals surface area contributed by atoms with Crippen molar-refractivity contribution < 1.29 is 14.3 Å². The first-order valence-electron chi connectivity index (χ1n) is 8.08. The van der Waals surface area contributed by atoms with Gasteiger partial charge in [-0.15, -0.1) is 0 Å². The van der Waals surface area contributed by atoms with Crippen LogP contribution < -0.4 is 5.73 Å². The summed E-state index contributed by atoms with van der Waals surface area (Å²) in [5.74, 6) is -0.259. The van der Waals surface area contributed by atoms with E-state index in [0.717, 1.165) is 17.2 Å². The molecular formula is C19H26N2O3. The minimum absolute atomic E-state index is 0.259. The molecular weight excluding hydrogens is 304 g/mol. The number of aldehydes is 1. The quantitative estimate of drug-likeness (QED) is 0.670. The molecule has 0 amide bonds. The number of esters is 1. The lowest BCUT2D eigenvalue weighted by Gasteiger charge is -2.30. The Morgan fingerprint density at radius 3 is 2.50 bits per heavy atom. The number of hydrogen-bond donors (Lipinski definition) is 1. The number of benzene rings is 1. The molecule has 0 aliphatic carbocycles. The van der Waals surface area contributed by atoms with Gasteiger partial charge in [-0.2, -0.15) is 0 Å². The van der Waals surface area contributed by atoms with Crippen LogP contribution in [0.1, 0.15) is 57.6 Å². The third-order valence-electron chi connectivity index (χ3n) is 3.91. The lowest BCUT2D eigenvalue weighted by molar-refractivity contribution is -0.166. The monoisotopic (exact) mass is 330 g/mol. The molecule has 0 aliphatic rings. The van der Waals surface area contributed by atoms with Gasteiger partial charge in [-0.05, 0) is 65.3 Å². The number of carbonyl (C=O) groups excluding carboxylic acids is 2. The molecule has 1 atom stereocenters. The lowest BCUT2D eigenvalue weighted by Crippen LogP contribution is -2.37. The zero-order valence-corrected chi connectivity index (χ0v) is 15.0. The van der Waals surface area contributed by atoms with Gasteiger partial charge in [-0.25, -0.2) is 0 Å². The highest BCUT2D eigenvalue weighted by atomic mass is 16.6. The van der Waals surface area contributed by atoms with Crippen LogP contribution in [0.15, 0.2) is 30.5 Å². The van der Waals surface area contributed by atoms with E-state index in [1.807, 2.05) is 63.6 Å². The average Bonchev–Trinajstić information content (AvgIpc) is 2.87. The van der Waals surface area contributed by atoms with E-state index in [4.69, 9.17) is 10.5 Å². The van der Waals surface area contributed by atoms with Crippen molar-refractivity contribution in [1.82, 2.24) is 4.57 Å². The van der Waals surface area contributed by atoms with Crippen molar-refractivity contribution in [2.75, 3.05) is 0 Å². The zero-order chi connectivity index (χ0) is 18.1. The molecule has 0 bridgehead atoms. The molecule has 130 valence electrons. The Morgan fingerprint density at radius 2 is 1.92 bits per heavy atom. The van der Waals surface area contributed by atoms with Crippen molar-refractivity contribution in [1.29, 1.82) is 0 Å². The molecule has 0 spiro atoms. The van der Waals surface area contributed by atoms with Crippen LogP contribution in [0.25, 0.3) is 10.9 Å². The minimum atomic E-state index is -0.702. The lowest BCUT2D eigenvalue weighted by atomic mass is 9.87. The second-order valence-electron chi connectivity index (χ2n) is 7.82. The van der Waals surface area contributed by atoms with Crippen LogP contribution >= 0.6 is 0 Å². The van der Waals surface area contributed by atoms with Crippen LogP contribution in [-0.4, -0.2) is 22.4 Å². The molecule has 0 radical (unpaired) electrons. The SMILES string of the molecule is CC(C)(C)OC(=O)C(C)(C)CC(N)n1ccc2cc(C=O)ccc21. The van der Waals surface area contributed by atoms with Crippen molar-refractivity contribution in [3.8, 4) is 0 Å². The fourth-order valence-electron chi connectivity index (χ4n) is 2.67. The van der Waals surface area contributed by atoms with E-state index < -0.39 is 11.0 Å². The van der Waals surface area contributed by atoms with E-state index in [9.17, 15) is 9.59 Å². The van der Waals surface area contributed by atoms with Gasteiger partial charge in [0, 0.05) is 22.7 Å². The largest absolute Gasteiger partial charge is 0.460 e. The van der Waals surface area contributed by atoms with Crippen LogP contribution in [0, 0.1) is 5.41 Å². The van der Waals surface area contributed by atoms with Gasteiger partial charge in [-0.1, -0.05) is 0 Å². The molecule has 0 saturated heterocycles. The maximum atomic E-state index is 12.4. The van der Waals surface area contributed by atoms with Crippen LogP contribution in [0.3, 0.4) is 0 Å². The molecule has 0 saturated carbocycles. The average molecular weight is 330 g/mol. The van der Waals surface area contributed by atoms with Gasteiger partial charge >= 0.3 is 5.97 Å². The highest BCUT2D eigenvalue weighted by molar-refractivity contribution is 5.87. The normalized spacial score (nSPS) is 13.8. The van der Waals surface area contributed by atoms with Crippen molar-refractivity contribution in [3.63, 3.8) is 0 Å². The molecule has 1 unspecified atom stereocenters. The summed E-state index contributed by atoms with van der Waals surface area (Å²) in [6.07, 6.45) is 2.78. The second kappa shape index (κ2) is 6.40. The third kappa shape index (κ3) is 4.03. The highest BCUT2D eigenvalue weighted by Crippen LogP contribution is 2.31. The van der Waals surface area contributed by atoms with E-state index in [1.165, 1.54) is 0 Å². The Bertz CT molecular complexity index is 754. The van der Waals surface area contributed by atoms with Crippen molar-refractivity contribution >= 4 is 23.2 Å². The van der Waals surface area contributed by atoms with Gasteiger partial charge in [0.2, 0.25) is 0 Å². The van der Waals surface area contributed by atoms with E-state index in [1.54, 1.807) is 6.07 Å². The van der Waals surface area contributed by atoms with Crippen LogP contribution in [-0.2, 0) is 9.53 Å². The number of nitrogens with zero attached hydrogens (tertiary/aromatic N) is 1. The highest BCUT2D eigenvalue weighted by Gasteiger charge is 2.34. The topological polar surface area (TPSA) is 74.3 Å². The van der Waals surface area contributed by atoms with E-state index in [-0.39, 0.29) is 12.1 Å². The summed E-state index contributed by atoms with van der Waals surface area (Å²) in [7, 11) is 0. The number of nitrogens with two attached hydrogens (primary N) is 1. The predicted octanol–water partition coefficient (Wildman–Crippen LogP) is 3.67. The molecule has 5 nitrogen and oxygen atoms in total. The molecule has 1 heterocycles. The number of rotatable bonds is 5. The molecule has 1 aromatic carbocycles. The Balaban J connectivity index is 2.21. The summed E-state index contributed by atoms with van der Waals surface area (Å²) >= 11 is 0. The number of ether oxygens (including phenoxy) is 1. The van der Waals surface area contributed by atoms with Crippen molar-refractivity contribution in [3.05, 3.63) is 36.0 Å². The molecule has 1 aromatic heterocycles. The predicted molar refractivity (Wildman–Crippen MR) is 94.8 cm³/mol. The standard InChI is InChI=1S/C19H26N2O3/c1-18(2,3)24-17(23)19(4,5)11-16(20)21-9-8-14-10-13(12-22)6-7-15(14)21/h6-10,12,16H,11,20H2,1-5H3. The summed E-state index contributed by atoms with van der Waals surface area (Å²) in [6, 6.07) is 7.38. The first-order chi connectivity index (χ1) is 11.0. The summed E-state index contributed by atoms with van der Waals surface area (Å²) < 4.78 is 7.42. The Kier molecular flexibility index (Phi) is 4.85. The van der Waals surface area contributed by atoms with Crippen molar-refractivity contribution in [2.45, 2.75) is 52.8 Å². The molecule has 2 N–H and O–H groups in total. The smallest absolute Gasteiger partial charge is 0.312 e. The van der Waals surface area contributed by atoms with Gasteiger partial charge in [0.25, 0.3) is 0 Å². The summed E-state index contributed by atoms with van der Waals surface area (Å²) in [6.45, 7) is 9.25. The van der Waals surface area contributed by atoms with Gasteiger partial charge < -0.3 is 15.0 Å². The minimum Gasteiger partial charge on any atom is -0.460 e. The molecule has 2 aromatic rings. The molecule has 0 aliphatic heterocycles. The summed E-state index contributed by atoms with van der Waals surface area (Å²) in [5.41, 5.74) is 6.69. The van der Waals surface area contributed by atoms with Crippen LogP contribution in [0.4, 0.5) is 0 Å². The number of aromatic nitrogens is 1. The van der Waals surface area contributed by atoms with Gasteiger partial charge in [0.1, 0.15) is 11.9 Å². The van der Waals surface area contributed by atoms with Crippen LogP contribution in [0.2, 0.25) is 0 Å². The molecule has 5 heteroatoms. The van der Waals surface area contributed by atoms with Gasteiger partial charge in [-0.3, -0.25) is 9.59 Å². The Hall–Kier alpha value is -2.14. The van der Waals surface area contributed by atoms with Crippen LogP contribution in [0.5, 0.6) is 0 Å². The first kappa shape index (κ1) is 18.2. The third-order valence-corrected chi connectivity index (χ3v) is 3.91. The summed E-state index contributed by atoms with van der Waals surface area (Å²) in [5, 5.41) is 0.949. The maximum absolute atomic E-state index is 12.4. The summed E-state index contributed by atoms with van der Waals surface area (Å²) in [4.78, 5) is 23.3. The molecule has 24 heavy (non-hydrogen) atoms. The number of hydrogen-bond acceptors (Lipinski definition) is 4. The Morgan fingerprint density at radius 1 is 1.25 bits per heavy atom. The zero-order valence-electron chi connectivity index (χ0n) is 15.0. The van der Waals surface area contributed by atoms with E-state index in [2.05, 4.69) is 0 Å². The fourth-order valence-corrected chi connectivity index (χ4v) is 2.67. The van der Waals surface area contributed by atoms with Gasteiger partial charge in [0.15, 0.2) is 0 Å². The molecule has 0 fully saturated rings. The number of fused-ring (bicyclic) bond motifs is 1. The van der Waals surface area contributed by atoms with Crippen molar-refractivity contribution in [2.24, 2.45) is 11.1 Å². The van der Waals surface area contributed by atoms with Gasteiger partial charge in [0.05, 0.1) is 11.6 Å². The Labute approximate surface area is 142 Å². The fraction of sp³-hybridized carbons (Fsp3) is 0.474. The van der Waals surface area contributed by atoms with E-state index in [0.29, 0.717) is 12.0 Å². The molecule has 2 rings (SSSR count). The first-order valence-corrected chi connectivity index (χ1v) is 8.08. The second-order valence-corrected chi connectivity index (χ2v) is 7.82. The van der Waals surface area contributed by atoms with E-state index >= 15 is 0 Å². The maximum Gasteiger partial charge on any atom is 0.312 e.